The number of nitrogens with zero attached hydrogens (tertiary/aromatic N) is 5. The number of rotatable bonds is 8. The molecule has 1 saturated carbocycles. The highest BCUT2D eigenvalue weighted by atomic mass is 32.2. The third-order valence-electron chi connectivity index (χ3n) is 5.19. The second kappa shape index (κ2) is 7.84. The van der Waals surface area contributed by atoms with Crippen LogP contribution in [-0.4, -0.2) is 30.3 Å². The van der Waals surface area contributed by atoms with Gasteiger partial charge in [0.1, 0.15) is 11.3 Å². The summed E-state index contributed by atoms with van der Waals surface area (Å²) in [4.78, 5) is 17.9. The molecule has 0 bridgehead atoms. The van der Waals surface area contributed by atoms with Crippen LogP contribution in [-0.2, 0) is 13.0 Å². The van der Waals surface area contributed by atoms with Gasteiger partial charge in [0.2, 0.25) is 0 Å². The number of hydrogen-bond donors (Lipinski definition) is 1. The minimum atomic E-state index is 0.556. The number of aryl methyl sites for hydroxylation is 3. The first-order chi connectivity index (χ1) is 13.1. The lowest BCUT2D eigenvalue weighted by molar-refractivity contribution is 0.603. The maximum Gasteiger partial charge on any atom is 0.187 e. The molecule has 4 rings (SSSR count). The average Bonchev–Trinajstić information content (AvgIpc) is 3.41. The van der Waals surface area contributed by atoms with Gasteiger partial charge in [-0.3, -0.25) is 0 Å². The summed E-state index contributed by atoms with van der Waals surface area (Å²) in [6.45, 7) is 5.13. The van der Waals surface area contributed by atoms with Crippen LogP contribution >= 0.6 is 11.8 Å². The molecule has 7 heteroatoms. The second-order valence-electron chi connectivity index (χ2n) is 7.32. The van der Waals surface area contributed by atoms with Gasteiger partial charge in [0.25, 0.3) is 0 Å². The molecule has 0 atom stereocenters. The van der Waals surface area contributed by atoms with Gasteiger partial charge in [-0.25, -0.2) is 19.9 Å². The van der Waals surface area contributed by atoms with E-state index in [4.69, 9.17) is 10.7 Å². The van der Waals surface area contributed by atoms with Gasteiger partial charge in [0.05, 0.1) is 5.52 Å². The van der Waals surface area contributed by atoms with Crippen molar-refractivity contribution in [3.8, 4) is 0 Å². The van der Waals surface area contributed by atoms with Crippen molar-refractivity contribution in [1.29, 1.82) is 0 Å². The highest BCUT2D eigenvalue weighted by molar-refractivity contribution is 7.99. The van der Waals surface area contributed by atoms with E-state index in [2.05, 4.69) is 26.4 Å². The average molecular weight is 383 g/mol. The molecule has 1 fully saturated rings. The van der Waals surface area contributed by atoms with Crippen LogP contribution in [0.5, 0.6) is 0 Å². The largest absolute Gasteiger partial charge is 0.382 e. The van der Waals surface area contributed by atoms with Crippen LogP contribution in [0, 0.1) is 19.8 Å². The summed E-state index contributed by atoms with van der Waals surface area (Å²) in [7, 11) is 0. The molecule has 1 aliphatic carbocycles. The van der Waals surface area contributed by atoms with Gasteiger partial charge in [-0.05, 0) is 57.1 Å². The maximum atomic E-state index is 6.19. The van der Waals surface area contributed by atoms with Gasteiger partial charge in [-0.2, -0.15) is 0 Å². The van der Waals surface area contributed by atoms with Crippen molar-refractivity contribution in [2.24, 2.45) is 5.92 Å². The first-order valence-corrected chi connectivity index (χ1v) is 10.6. The number of hydrogen-bond acceptors (Lipinski definition) is 6. The highest BCUT2D eigenvalue weighted by Gasteiger charge is 2.26. The number of nitrogen functional groups attached to an aromatic ring is 1. The molecule has 0 saturated heterocycles. The summed E-state index contributed by atoms with van der Waals surface area (Å²) in [6.07, 6.45) is 9.50. The van der Waals surface area contributed by atoms with Crippen LogP contribution in [0.1, 0.15) is 42.8 Å². The van der Waals surface area contributed by atoms with Crippen LogP contribution in [0.15, 0.2) is 23.6 Å². The number of imidazole rings is 1. The van der Waals surface area contributed by atoms with Crippen molar-refractivity contribution in [2.45, 2.75) is 57.7 Å². The third kappa shape index (κ3) is 4.08. The summed E-state index contributed by atoms with van der Waals surface area (Å²) in [5, 5.41) is 0.852. The molecule has 0 aromatic carbocycles. The lowest BCUT2D eigenvalue weighted by Crippen LogP contribution is -2.07. The van der Waals surface area contributed by atoms with Gasteiger partial charge in [0, 0.05) is 36.8 Å². The molecule has 2 N–H and O–H groups in total. The van der Waals surface area contributed by atoms with Crippen LogP contribution in [0.3, 0.4) is 0 Å². The molecule has 0 unspecified atom stereocenters. The molecule has 6 nitrogen and oxygen atoms in total. The lowest BCUT2D eigenvalue weighted by atomic mass is 10.2. The number of anilines is 1. The molecule has 3 aromatic heterocycles. The fourth-order valence-corrected chi connectivity index (χ4v) is 4.22. The van der Waals surface area contributed by atoms with Crippen molar-refractivity contribution < 1.29 is 0 Å². The Balaban J connectivity index is 1.49. The fourth-order valence-electron chi connectivity index (χ4n) is 3.42. The number of nitrogens with two attached hydrogens (primary N) is 1. The van der Waals surface area contributed by atoms with Crippen LogP contribution < -0.4 is 5.73 Å². The van der Waals surface area contributed by atoms with E-state index in [0.717, 1.165) is 53.8 Å². The number of thioether (sulfide) groups is 1. The van der Waals surface area contributed by atoms with Gasteiger partial charge in [-0.1, -0.05) is 11.8 Å². The predicted molar refractivity (Wildman–Crippen MR) is 110 cm³/mol. The SMILES string of the molecule is Cc1nc(N)c2nc(CC3CC3)n(CCCCSc3ncccn3)c2c1C. The summed E-state index contributed by atoms with van der Waals surface area (Å²) >= 11 is 1.72. The second-order valence-corrected chi connectivity index (χ2v) is 8.38. The Morgan fingerprint density at radius 3 is 2.67 bits per heavy atom. The molecular formula is C20H26N6S. The summed E-state index contributed by atoms with van der Waals surface area (Å²) in [6, 6.07) is 1.85. The molecule has 0 aliphatic heterocycles. The third-order valence-corrected chi connectivity index (χ3v) is 6.15. The Hall–Kier alpha value is -2.15. The fraction of sp³-hybridized carbons (Fsp3) is 0.500. The summed E-state index contributed by atoms with van der Waals surface area (Å²) < 4.78 is 2.40. The molecule has 3 aromatic rings. The molecule has 142 valence electrons. The zero-order valence-corrected chi connectivity index (χ0v) is 16.8. The maximum absolute atomic E-state index is 6.19. The van der Waals surface area contributed by atoms with E-state index in [-0.39, 0.29) is 0 Å². The molecule has 0 spiro atoms. The quantitative estimate of drug-likeness (QED) is 0.361. The van der Waals surface area contributed by atoms with Crippen molar-refractivity contribution in [1.82, 2.24) is 24.5 Å². The van der Waals surface area contributed by atoms with E-state index in [1.807, 2.05) is 13.0 Å². The van der Waals surface area contributed by atoms with E-state index in [0.29, 0.717) is 5.82 Å². The lowest BCUT2D eigenvalue weighted by Gasteiger charge is -2.11. The number of pyridine rings is 1. The number of fused-ring (bicyclic) bond motifs is 1. The minimum absolute atomic E-state index is 0.556. The Morgan fingerprint density at radius 1 is 1.15 bits per heavy atom. The molecule has 1 aliphatic rings. The van der Waals surface area contributed by atoms with Crippen molar-refractivity contribution in [3.63, 3.8) is 0 Å². The summed E-state index contributed by atoms with van der Waals surface area (Å²) in [5.41, 5.74) is 10.4. The first-order valence-electron chi connectivity index (χ1n) is 9.65. The standard InChI is InChI=1S/C20H26N6S/c1-13-14(2)24-19(21)17-18(13)26(16(25-17)12-15-6-7-15)10-3-4-11-27-20-22-8-5-9-23-20/h5,8-9,15H,3-4,6-7,10-12H2,1-2H3,(H2,21,24). The van der Waals surface area contributed by atoms with Crippen molar-refractivity contribution >= 4 is 28.6 Å². The molecule has 3 heterocycles. The van der Waals surface area contributed by atoms with E-state index < -0.39 is 0 Å². The molecular weight excluding hydrogens is 356 g/mol. The van der Waals surface area contributed by atoms with Gasteiger partial charge < -0.3 is 10.3 Å². The first kappa shape index (κ1) is 18.2. The van der Waals surface area contributed by atoms with Gasteiger partial charge in [0.15, 0.2) is 11.0 Å². The topological polar surface area (TPSA) is 82.5 Å². The van der Waals surface area contributed by atoms with Crippen LogP contribution in [0.4, 0.5) is 5.82 Å². The van der Waals surface area contributed by atoms with E-state index >= 15 is 0 Å². The molecule has 27 heavy (non-hydrogen) atoms. The zero-order chi connectivity index (χ0) is 18.8. The zero-order valence-electron chi connectivity index (χ0n) is 16.0. The minimum Gasteiger partial charge on any atom is -0.382 e. The van der Waals surface area contributed by atoms with E-state index in [9.17, 15) is 0 Å². The highest BCUT2D eigenvalue weighted by Crippen LogP contribution is 2.34. The monoisotopic (exact) mass is 382 g/mol. The predicted octanol–water partition coefficient (Wildman–Crippen LogP) is 3.95. The normalized spacial score (nSPS) is 14.1. The van der Waals surface area contributed by atoms with Crippen LogP contribution in [0.2, 0.25) is 0 Å². The smallest absolute Gasteiger partial charge is 0.187 e. The van der Waals surface area contributed by atoms with Gasteiger partial charge in [-0.15, -0.1) is 0 Å². The van der Waals surface area contributed by atoms with Crippen LogP contribution in [0.25, 0.3) is 11.0 Å². The van der Waals surface area contributed by atoms with Crippen molar-refractivity contribution in [3.05, 3.63) is 35.5 Å². The summed E-state index contributed by atoms with van der Waals surface area (Å²) in [5.74, 6) is 3.55. The van der Waals surface area contributed by atoms with E-state index in [1.54, 1.807) is 24.2 Å². The Bertz CT molecular complexity index is 933. The Morgan fingerprint density at radius 2 is 1.93 bits per heavy atom. The van der Waals surface area contributed by atoms with Crippen molar-refractivity contribution in [2.75, 3.05) is 11.5 Å². The molecule has 0 radical (unpaired) electrons. The van der Waals surface area contributed by atoms with E-state index in [1.165, 1.54) is 29.7 Å². The number of aromatic nitrogens is 5. The Labute approximate surface area is 164 Å². The number of unbranched alkanes of at least 4 members (excludes halogenated alkanes) is 1. The van der Waals surface area contributed by atoms with Gasteiger partial charge >= 0.3 is 0 Å². The molecule has 0 amide bonds. The Kier molecular flexibility index (Phi) is 5.29.